The Morgan fingerprint density at radius 2 is 2.00 bits per heavy atom. The summed E-state index contributed by atoms with van der Waals surface area (Å²) in [6, 6.07) is 5.96. The highest BCUT2D eigenvalue weighted by atomic mass is 79.9. The van der Waals surface area contributed by atoms with E-state index in [2.05, 4.69) is 39.7 Å². The van der Waals surface area contributed by atoms with Crippen molar-refractivity contribution in [3.8, 4) is 0 Å². The number of aromatic nitrogens is 2. The van der Waals surface area contributed by atoms with Crippen LogP contribution in [0.3, 0.4) is 0 Å². The Morgan fingerprint density at radius 1 is 1.27 bits per heavy atom. The van der Waals surface area contributed by atoms with Gasteiger partial charge in [0.2, 0.25) is 5.28 Å². The SMILES string of the molecule is CC(C)c1nc(Cl)nc2c(Br)cccc12. The number of benzene rings is 1. The van der Waals surface area contributed by atoms with E-state index in [4.69, 9.17) is 11.6 Å². The Hall–Kier alpha value is -0.670. The fourth-order valence-corrected chi connectivity index (χ4v) is 2.18. The Labute approximate surface area is 102 Å². The fourth-order valence-electron chi connectivity index (χ4n) is 1.55. The minimum atomic E-state index is 0.304. The first-order chi connectivity index (χ1) is 7.09. The van der Waals surface area contributed by atoms with E-state index in [1.54, 1.807) is 0 Å². The lowest BCUT2D eigenvalue weighted by atomic mass is 10.1. The van der Waals surface area contributed by atoms with Gasteiger partial charge in [-0.3, -0.25) is 0 Å². The number of fused-ring (bicyclic) bond motifs is 1. The van der Waals surface area contributed by atoms with Crippen LogP contribution in [0, 0.1) is 0 Å². The van der Waals surface area contributed by atoms with Gasteiger partial charge in [0.1, 0.15) is 0 Å². The van der Waals surface area contributed by atoms with Crippen LogP contribution in [0.5, 0.6) is 0 Å². The van der Waals surface area contributed by atoms with Gasteiger partial charge in [0, 0.05) is 9.86 Å². The standard InChI is InChI=1S/C11H10BrClN2/c1-6(2)9-7-4-3-5-8(12)10(7)15-11(13)14-9/h3-6H,1-2H3. The highest BCUT2D eigenvalue weighted by Gasteiger charge is 2.11. The Morgan fingerprint density at radius 3 is 2.67 bits per heavy atom. The first kappa shape index (κ1) is 10.8. The molecule has 0 aliphatic carbocycles. The number of halogens is 2. The van der Waals surface area contributed by atoms with Crippen LogP contribution >= 0.6 is 27.5 Å². The van der Waals surface area contributed by atoms with Gasteiger partial charge in [0.15, 0.2) is 0 Å². The molecule has 0 aliphatic heterocycles. The molecule has 1 heterocycles. The summed E-state index contributed by atoms with van der Waals surface area (Å²) in [7, 11) is 0. The zero-order valence-corrected chi connectivity index (χ0v) is 10.8. The molecule has 0 radical (unpaired) electrons. The van der Waals surface area contributed by atoms with Crippen LogP contribution in [-0.2, 0) is 0 Å². The molecule has 0 bridgehead atoms. The number of para-hydroxylation sites is 1. The molecule has 2 nitrogen and oxygen atoms in total. The normalized spacial score (nSPS) is 11.3. The van der Waals surface area contributed by atoms with Crippen LogP contribution in [0.1, 0.15) is 25.5 Å². The zero-order valence-electron chi connectivity index (χ0n) is 8.46. The first-order valence-electron chi connectivity index (χ1n) is 4.71. The minimum Gasteiger partial charge on any atom is -0.222 e. The predicted octanol–water partition coefficient (Wildman–Crippen LogP) is 4.17. The Balaban J connectivity index is 2.86. The lowest BCUT2D eigenvalue weighted by Gasteiger charge is -2.09. The molecular formula is C11H10BrClN2. The smallest absolute Gasteiger partial charge is 0.222 e. The van der Waals surface area contributed by atoms with Crippen molar-refractivity contribution in [1.82, 2.24) is 9.97 Å². The molecule has 0 unspecified atom stereocenters. The average Bonchev–Trinajstić information content (AvgIpc) is 2.18. The van der Waals surface area contributed by atoms with Gasteiger partial charge in [-0.05, 0) is 39.5 Å². The van der Waals surface area contributed by atoms with E-state index in [1.807, 2.05) is 18.2 Å². The summed E-state index contributed by atoms with van der Waals surface area (Å²) in [6.07, 6.45) is 0. The molecule has 0 atom stereocenters. The van der Waals surface area contributed by atoms with Crippen molar-refractivity contribution in [1.29, 1.82) is 0 Å². The molecular weight excluding hydrogens is 275 g/mol. The molecule has 0 saturated heterocycles. The van der Waals surface area contributed by atoms with Gasteiger partial charge >= 0.3 is 0 Å². The maximum Gasteiger partial charge on any atom is 0.223 e. The van der Waals surface area contributed by atoms with E-state index in [9.17, 15) is 0 Å². The second-order valence-electron chi connectivity index (χ2n) is 3.67. The monoisotopic (exact) mass is 284 g/mol. The third kappa shape index (κ3) is 1.99. The maximum absolute atomic E-state index is 5.90. The molecule has 1 aromatic heterocycles. The molecule has 15 heavy (non-hydrogen) atoms. The van der Waals surface area contributed by atoms with Crippen molar-refractivity contribution in [2.24, 2.45) is 0 Å². The summed E-state index contributed by atoms with van der Waals surface area (Å²) in [5.41, 5.74) is 1.87. The molecule has 0 fully saturated rings. The molecule has 0 N–H and O–H groups in total. The molecule has 2 aromatic rings. The molecule has 78 valence electrons. The predicted molar refractivity (Wildman–Crippen MR) is 66.3 cm³/mol. The summed E-state index contributed by atoms with van der Waals surface area (Å²) < 4.78 is 0.950. The van der Waals surface area contributed by atoms with Crippen LogP contribution in [0.4, 0.5) is 0 Å². The molecule has 4 heteroatoms. The second-order valence-corrected chi connectivity index (χ2v) is 4.86. The van der Waals surface area contributed by atoms with Crippen molar-refractivity contribution in [2.45, 2.75) is 19.8 Å². The van der Waals surface area contributed by atoms with E-state index < -0.39 is 0 Å². The first-order valence-corrected chi connectivity index (χ1v) is 5.88. The molecule has 0 amide bonds. The summed E-state index contributed by atoms with van der Waals surface area (Å²) >= 11 is 9.36. The van der Waals surface area contributed by atoms with Crippen LogP contribution in [0.15, 0.2) is 22.7 Å². The Kier molecular flexibility index (Phi) is 2.94. The fraction of sp³-hybridized carbons (Fsp3) is 0.273. The van der Waals surface area contributed by atoms with Gasteiger partial charge in [0.05, 0.1) is 11.2 Å². The number of rotatable bonds is 1. The Bertz CT molecular complexity index is 511. The summed E-state index contributed by atoms with van der Waals surface area (Å²) in [5, 5.41) is 1.36. The lowest BCUT2D eigenvalue weighted by Crippen LogP contribution is -1.97. The highest BCUT2D eigenvalue weighted by Crippen LogP contribution is 2.28. The average molecular weight is 286 g/mol. The van der Waals surface area contributed by atoms with Crippen LogP contribution < -0.4 is 0 Å². The zero-order chi connectivity index (χ0) is 11.0. The second kappa shape index (κ2) is 4.06. The topological polar surface area (TPSA) is 25.8 Å². The summed E-state index contributed by atoms with van der Waals surface area (Å²) in [4.78, 5) is 8.50. The van der Waals surface area contributed by atoms with Crippen molar-refractivity contribution in [2.75, 3.05) is 0 Å². The van der Waals surface area contributed by atoms with Gasteiger partial charge in [0.25, 0.3) is 0 Å². The molecule has 1 aromatic carbocycles. The van der Waals surface area contributed by atoms with E-state index in [-0.39, 0.29) is 0 Å². The maximum atomic E-state index is 5.90. The third-order valence-electron chi connectivity index (χ3n) is 2.23. The van der Waals surface area contributed by atoms with Gasteiger partial charge < -0.3 is 0 Å². The minimum absolute atomic E-state index is 0.304. The van der Waals surface area contributed by atoms with Crippen molar-refractivity contribution in [3.63, 3.8) is 0 Å². The molecule has 0 saturated carbocycles. The lowest BCUT2D eigenvalue weighted by molar-refractivity contribution is 0.828. The third-order valence-corrected chi connectivity index (χ3v) is 3.04. The summed E-state index contributed by atoms with van der Waals surface area (Å²) in [6.45, 7) is 4.19. The number of hydrogen-bond donors (Lipinski definition) is 0. The highest BCUT2D eigenvalue weighted by molar-refractivity contribution is 9.10. The largest absolute Gasteiger partial charge is 0.223 e. The van der Waals surface area contributed by atoms with Crippen LogP contribution in [0.2, 0.25) is 5.28 Å². The van der Waals surface area contributed by atoms with Gasteiger partial charge in [-0.1, -0.05) is 26.0 Å². The van der Waals surface area contributed by atoms with Crippen LogP contribution in [0.25, 0.3) is 10.9 Å². The van der Waals surface area contributed by atoms with E-state index in [0.29, 0.717) is 11.2 Å². The van der Waals surface area contributed by atoms with Crippen molar-refractivity contribution >= 4 is 38.4 Å². The van der Waals surface area contributed by atoms with Crippen molar-refractivity contribution in [3.05, 3.63) is 33.6 Å². The quantitative estimate of drug-likeness (QED) is 0.735. The number of nitrogens with zero attached hydrogens (tertiary/aromatic N) is 2. The number of hydrogen-bond acceptors (Lipinski definition) is 2. The molecule has 0 spiro atoms. The van der Waals surface area contributed by atoms with E-state index >= 15 is 0 Å². The van der Waals surface area contributed by atoms with Crippen molar-refractivity contribution < 1.29 is 0 Å². The summed E-state index contributed by atoms with van der Waals surface area (Å²) in [5.74, 6) is 0.335. The van der Waals surface area contributed by atoms with Gasteiger partial charge in [-0.25, -0.2) is 9.97 Å². The van der Waals surface area contributed by atoms with E-state index in [1.165, 1.54) is 0 Å². The molecule has 2 rings (SSSR count). The van der Waals surface area contributed by atoms with E-state index in [0.717, 1.165) is 21.1 Å². The van der Waals surface area contributed by atoms with Gasteiger partial charge in [-0.2, -0.15) is 0 Å². The van der Waals surface area contributed by atoms with Crippen LogP contribution in [-0.4, -0.2) is 9.97 Å². The van der Waals surface area contributed by atoms with Gasteiger partial charge in [-0.15, -0.1) is 0 Å². The molecule has 0 aliphatic rings.